The van der Waals surface area contributed by atoms with Gasteiger partial charge in [0.15, 0.2) is 56.4 Å². The number of halogens is 8. The van der Waals surface area contributed by atoms with Crippen LogP contribution in [0.3, 0.4) is 0 Å². The second kappa shape index (κ2) is 15.7. The van der Waals surface area contributed by atoms with Crippen LogP contribution in [-0.2, 0) is 35.5 Å². The smallest absolute Gasteiger partial charge is 0.269 e. The van der Waals surface area contributed by atoms with Crippen molar-refractivity contribution in [2.45, 2.75) is 74.6 Å². The first-order valence-corrected chi connectivity index (χ1v) is 22.6. The Morgan fingerprint density at radius 3 is 1.30 bits per heavy atom. The van der Waals surface area contributed by atoms with Crippen molar-refractivity contribution in [2.75, 3.05) is 6.26 Å². The lowest BCUT2D eigenvalue weighted by molar-refractivity contribution is 0.390. The molecule has 5 rings (SSSR count). The van der Waals surface area contributed by atoms with Crippen LogP contribution in [-0.4, -0.2) is 36.1 Å². The van der Waals surface area contributed by atoms with Gasteiger partial charge in [-0.3, -0.25) is 4.55 Å². The van der Waals surface area contributed by atoms with Crippen molar-refractivity contribution in [3.63, 3.8) is 0 Å². The van der Waals surface area contributed by atoms with Gasteiger partial charge in [0.25, 0.3) is 10.1 Å². The van der Waals surface area contributed by atoms with Gasteiger partial charge in [0, 0.05) is 26.5 Å². The summed E-state index contributed by atoms with van der Waals surface area (Å²) >= 11 is 1.31. The van der Waals surface area contributed by atoms with Crippen LogP contribution in [0.2, 0.25) is 0 Å². The zero-order chi connectivity index (χ0) is 42.9. The van der Waals surface area contributed by atoms with E-state index in [0.717, 1.165) is 18.0 Å². The Kier molecular flexibility index (Phi) is 12.1. The summed E-state index contributed by atoms with van der Waals surface area (Å²) in [4.78, 5) is -5.38. The minimum absolute atomic E-state index is 0.0522. The van der Waals surface area contributed by atoms with Crippen LogP contribution in [0.4, 0.5) is 35.1 Å². The Balaban J connectivity index is 1.52. The second-order valence-electron chi connectivity index (χ2n) is 13.0. The van der Waals surface area contributed by atoms with Gasteiger partial charge in [0.1, 0.15) is 15.5 Å². The summed E-state index contributed by atoms with van der Waals surface area (Å²) in [5, 5.41) is 0. The number of hydrogen-bond donors (Lipinski definition) is 1. The van der Waals surface area contributed by atoms with E-state index in [4.69, 9.17) is 0 Å². The minimum Gasteiger partial charge on any atom is -0.285 e. The molecule has 0 unspecified atom stereocenters. The maximum absolute atomic E-state index is 15.5. The molecule has 0 amide bonds. The molecule has 7 nitrogen and oxygen atoms in total. The molecule has 0 atom stereocenters. The van der Waals surface area contributed by atoms with Crippen LogP contribution in [0.25, 0.3) is 11.1 Å². The van der Waals surface area contributed by atoms with Gasteiger partial charge >= 0.3 is 0 Å². The van der Waals surface area contributed by atoms with E-state index in [1.165, 1.54) is 32.0 Å². The van der Waals surface area contributed by atoms with Gasteiger partial charge in [0.05, 0.1) is 9.79 Å². The molecule has 0 fully saturated rings. The Hall–Kier alpha value is -3.95. The summed E-state index contributed by atoms with van der Waals surface area (Å²) in [6, 6.07) is 10.6. The number of hydrogen-bond acceptors (Lipinski definition) is 8. The number of benzene rings is 5. The molecule has 5 aromatic rings. The van der Waals surface area contributed by atoms with E-state index in [1.54, 1.807) is 38.1 Å². The van der Waals surface area contributed by atoms with Crippen molar-refractivity contribution < 1.29 is 64.9 Å². The topological polar surface area (TPSA) is 123 Å². The molecule has 57 heavy (non-hydrogen) atoms. The summed E-state index contributed by atoms with van der Waals surface area (Å²) in [6.45, 7) is 7.07. The second-order valence-corrected chi connectivity index (χ2v) is 20.3. The van der Waals surface area contributed by atoms with Crippen molar-refractivity contribution in [2.24, 2.45) is 0 Å². The van der Waals surface area contributed by atoms with Gasteiger partial charge in [-0.2, -0.15) is 8.42 Å². The van der Waals surface area contributed by atoms with Gasteiger partial charge in [-0.15, -0.1) is 0 Å². The third-order valence-electron chi connectivity index (χ3n) is 8.63. The van der Waals surface area contributed by atoms with Crippen molar-refractivity contribution in [3.8, 4) is 11.1 Å². The summed E-state index contributed by atoms with van der Waals surface area (Å²) < 4.78 is 202. The fourth-order valence-corrected chi connectivity index (χ4v) is 10.9. The molecule has 0 bridgehead atoms. The molecule has 1 N–H and O–H groups in total. The molecule has 0 aliphatic carbocycles. The minimum atomic E-state index is -6.28. The standard InChI is InChI=1S/C37H28F8O7S5/c1-15-9-20(10-16(2)33(15)53-24-8-7-23(55(6,46)47)13-22(24)14-56(48,49)50)21-11-17(3)34(18(4)12-21)54-35-27(40)31(44)37(32(45)28(35)41)57(51,52)36-29(42)25(38)19(5)26(39)30(36)43/h7-13H,14H2,1-6H3,(H,48,49,50). The van der Waals surface area contributed by atoms with Gasteiger partial charge in [-0.25, -0.2) is 52.0 Å². The first kappa shape index (κ1) is 44.2. The molecule has 0 spiro atoms. The molecule has 0 heterocycles. The van der Waals surface area contributed by atoms with Crippen LogP contribution in [0.5, 0.6) is 0 Å². The molecule has 304 valence electrons. The maximum Gasteiger partial charge on any atom is 0.269 e. The van der Waals surface area contributed by atoms with Crippen LogP contribution in [0.1, 0.15) is 33.4 Å². The van der Waals surface area contributed by atoms with E-state index >= 15 is 17.6 Å². The Morgan fingerprint density at radius 2 is 0.912 bits per heavy atom. The highest BCUT2D eigenvalue weighted by molar-refractivity contribution is 7.99. The highest BCUT2D eigenvalue weighted by Gasteiger charge is 2.40. The average molecular weight is 897 g/mol. The molecule has 0 aliphatic rings. The first-order valence-electron chi connectivity index (χ1n) is 16.0. The SMILES string of the molecule is Cc1cc(-c2cc(C)c(Sc3c(F)c(F)c(S(=O)(=O)c4c(F)c(F)c(C)c(F)c4F)c(F)c3F)c(C)c2)cc(C)c1Sc1ccc(S(C)(=O)=O)cc1CS(=O)(=O)O. The zero-order valence-electron chi connectivity index (χ0n) is 30.2. The van der Waals surface area contributed by atoms with Crippen LogP contribution < -0.4 is 0 Å². The fraction of sp³-hybridized carbons (Fsp3) is 0.189. The third-order valence-corrected chi connectivity index (χ3v) is 15.1. The normalized spacial score (nSPS) is 12.4. The van der Waals surface area contributed by atoms with E-state index in [-0.39, 0.29) is 27.1 Å². The third kappa shape index (κ3) is 8.47. The maximum atomic E-state index is 15.5. The van der Waals surface area contributed by atoms with Crippen LogP contribution >= 0.6 is 23.5 Å². The Morgan fingerprint density at radius 1 is 0.526 bits per heavy atom. The zero-order valence-corrected chi connectivity index (χ0v) is 34.3. The van der Waals surface area contributed by atoms with E-state index in [9.17, 15) is 47.4 Å². The summed E-state index contributed by atoms with van der Waals surface area (Å²) in [7, 11) is -14.5. The highest BCUT2D eigenvalue weighted by atomic mass is 32.2. The lowest BCUT2D eigenvalue weighted by Gasteiger charge is -2.18. The largest absolute Gasteiger partial charge is 0.285 e. The molecule has 5 aromatic carbocycles. The Labute approximate surface area is 331 Å². The van der Waals surface area contributed by atoms with Gasteiger partial charge in [-0.1, -0.05) is 47.8 Å². The highest BCUT2D eigenvalue weighted by Crippen LogP contribution is 2.44. The van der Waals surface area contributed by atoms with Crippen molar-refractivity contribution in [1.82, 2.24) is 0 Å². The first-order chi connectivity index (χ1) is 26.2. The quantitative estimate of drug-likeness (QED) is 0.0830. The molecule has 0 saturated heterocycles. The molecule has 0 aliphatic heterocycles. The van der Waals surface area contributed by atoms with E-state index < -0.39 is 102 Å². The molecule has 0 aromatic heterocycles. The van der Waals surface area contributed by atoms with Crippen molar-refractivity contribution >= 4 is 53.3 Å². The van der Waals surface area contributed by atoms with Gasteiger partial charge < -0.3 is 0 Å². The molecule has 0 saturated carbocycles. The fourth-order valence-electron chi connectivity index (χ4n) is 5.94. The summed E-state index contributed by atoms with van der Waals surface area (Å²) in [5.74, 6) is -20.1. The molecule has 0 radical (unpaired) electrons. The average Bonchev–Trinajstić information content (AvgIpc) is 3.09. The summed E-state index contributed by atoms with van der Waals surface area (Å²) in [5.41, 5.74) is 2.00. The number of sulfone groups is 2. The van der Waals surface area contributed by atoms with Crippen LogP contribution in [0.15, 0.2) is 76.7 Å². The monoisotopic (exact) mass is 896 g/mol. The number of rotatable bonds is 10. The number of aryl methyl sites for hydroxylation is 4. The van der Waals surface area contributed by atoms with Gasteiger partial charge in [0.2, 0.25) is 9.84 Å². The Bertz CT molecular complexity index is 2780. The van der Waals surface area contributed by atoms with Crippen LogP contribution in [0, 0.1) is 81.2 Å². The predicted molar refractivity (Wildman–Crippen MR) is 197 cm³/mol. The van der Waals surface area contributed by atoms with Gasteiger partial charge in [-0.05, 0) is 91.8 Å². The van der Waals surface area contributed by atoms with E-state index in [1.807, 2.05) is 0 Å². The lowest BCUT2D eigenvalue weighted by Crippen LogP contribution is -2.17. The lowest BCUT2D eigenvalue weighted by atomic mass is 9.97. The summed E-state index contributed by atoms with van der Waals surface area (Å²) in [6.07, 6.45) is 0.952. The van der Waals surface area contributed by atoms with Crippen molar-refractivity contribution in [1.29, 1.82) is 0 Å². The van der Waals surface area contributed by atoms with E-state index in [0.29, 0.717) is 50.1 Å². The van der Waals surface area contributed by atoms with E-state index in [2.05, 4.69) is 0 Å². The van der Waals surface area contributed by atoms with Crippen molar-refractivity contribution in [3.05, 3.63) is 122 Å². The molecular weight excluding hydrogens is 869 g/mol. The predicted octanol–water partition coefficient (Wildman–Crippen LogP) is 9.93. The molecular formula is C37H28F8O7S5. The molecule has 20 heteroatoms.